The lowest BCUT2D eigenvalue weighted by molar-refractivity contribution is 0.0776. The van der Waals surface area contributed by atoms with Crippen molar-refractivity contribution in [2.24, 2.45) is 0 Å². The number of amides is 1. The molecule has 0 saturated carbocycles. The summed E-state index contributed by atoms with van der Waals surface area (Å²) >= 11 is 6.35. The van der Waals surface area contributed by atoms with Crippen molar-refractivity contribution in [1.29, 1.82) is 0 Å². The maximum Gasteiger partial charge on any atom is 0.274 e. The van der Waals surface area contributed by atoms with Crippen LogP contribution in [0, 0.1) is 0 Å². The van der Waals surface area contributed by atoms with Crippen molar-refractivity contribution in [1.82, 2.24) is 24.5 Å². The fraction of sp³-hybridized carbons (Fsp3) is 0.231. The first kappa shape index (κ1) is 23.4. The van der Waals surface area contributed by atoms with Crippen molar-refractivity contribution in [3.63, 3.8) is 0 Å². The van der Waals surface area contributed by atoms with Gasteiger partial charge in [0, 0.05) is 48.5 Å². The van der Waals surface area contributed by atoms with E-state index in [9.17, 15) is 9.59 Å². The van der Waals surface area contributed by atoms with Crippen molar-refractivity contribution in [2.75, 3.05) is 7.05 Å². The Morgan fingerprint density at radius 1 is 0.971 bits per heavy atom. The molecule has 8 heteroatoms. The molecule has 0 N–H and O–H groups in total. The Kier molecular flexibility index (Phi) is 7.23. The van der Waals surface area contributed by atoms with Crippen LogP contribution in [0.1, 0.15) is 35.0 Å². The van der Waals surface area contributed by atoms with Crippen LogP contribution < -0.4 is 5.56 Å². The minimum absolute atomic E-state index is 0.215. The second kappa shape index (κ2) is 10.5. The van der Waals surface area contributed by atoms with Gasteiger partial charge in [0.1, 0.15) is 5.69 Å². The fourth-order valence-corrected chi connectivity index (χ4v) is 3.95. The van der Waals surface area contributed by atoms with Crippen LogP contribution in [0.15, 0.2) is 77.7 Å². The van der Waals surface area contributed by atoms with Crippen LogP contribution >= 0.6 is 11.6 Å². The normalized spacial score (nSPS) is 10.9. The summed E-state index contributed by atoms with van der Waals surface area (Å²) in [7, 11) is 1.72. The Labute approximate surface area is 203 Å². The fourth-order valence-electron chi connectivity index (χ4n) is 3.76. The Bertz CT molecular complexity index is 1350. The van der Waals surface area contributed by atoms with E-state index in [1.165, 1.54) is 16.8 Å². The summed E-state index contributed by atoms with van der Waals surface area (Å²) in [6.07, 6.45) is 2.70. The number of carbonyl (C=O) groups excluding carboxylic acids is 1. The van der Waals surface area contributed by atoms with Crippen LogP contribution in [0.4, 0.5) is 0 Å². The van der Waals surface area contributed by atoms with Crippen LogP contribution in [0.25, 0.3) is 11.3 Å². The largest absolute Gasteiger partial charge is 0.336 e. The smallest absolute Gasteiger partial charge is 0.274 e. The van der Waals surface area contributed by atoms with Gasteiger partial charge in [-0.1, -0.05) is 67.1 Å². The highest BCUT2D eigenvalue weighted by Gasteiger charge is 2.19. The lowest BCUT2D eigenvalue weighted by atomic mass is 10.1. The Hall–Kier alpha value is -3.71. The van der Waals surface area contributed by atoms with Crippen LogP contribution in [0.5, 0.6) is 0 Å². The summed E-state index contributed by atoms with van der Waals surface area (Å²) in [5.41, 5.74) is 3.65. The maximum absolute atomic E-state index is 13.1. The number of hydrogen-bond donors (Lipinski definition) is 0. The van der Waals surface area contributed by atoms with Gasteiger partial charge in [-0.15, -0.1) is 0 Å². The van der Waals surface area contributed by atoms with Gasteiger partial charge in [0.2, 0.25) is 0 Å². The van der Waals surface area contributed by atoms with Gasteiger partial charge in [-0.2, -0.15) is 10.2 Å². The summed E-state index contributed by atoms with van der Waals surface area (Å²) in [5, 5.41) is 9.75. The van der Waals surface area contributed by atoms with Crippen molar-refractivity contribution in [2.45, 2.75) is 33.0 Å². The summed E-state index contributed by atoms with van der Waals surface area (Å²) in [6, 6.07) is 20.4. The molecular formula is C26H26ClN5O2. The summed E-state index contributed by atoms with van der Waals surface area (Å²) in [5.74, 6) is -0.261. The predicted molar refractivity (Wildman–Crippen MR) is 133 cm³/mol. The third-order valence-corrected chi connectivity index (χ3v) is 5.82. The van der Waals surface area contributed by atoms with Crippen LogP contribution in [0.3, 0.4) is 0 Å². The Balaban J connectivity index is 1.63. The molecule has 0 saturated heterocycles. The zero-order valence-corrected chi connectivity index (χ0v) is 19.9. The van der Waals surface area contributed by atoms with Crippen molar-refractivity contribution < 1.29 is 4.79 Å². The van der Waals surface area contributed by atoms with E-state index < -0.39 is 0 Å². The summed E-state index contributed by atoms with van der Waals surface area (Å²) < 4.78 is 3.18. The highest BCUT2D eigenvalue weighted by molar-refractivity contribution is 6.31. The molecule has 0 bridgehead atoms. The predicted octanol–water partition coefficient (Wildman–Crippen LogP) is 4.49. The SMILES string of the molecule is CCCn1nc(C(=O)N(C)Cc2cn(Cc3ccccc3Cl)nc2-c2ccccc2)ccc1=O. The van der Waals surface area contributed by atoms with E-state index >= 15 is 0 Å². The first-order valence-corrected chi connectivity index (χ1v) is 11.5. The number of carbonyl (C=O) groups is 1. The second-order valence-corrected chi connectivity index (χ2v) is 8.51. The molecule has 0 unspecified atom stereocenters. The van der Waals surface area contributed by atoms with Gasteiger partial charge >= 0.3 is 0 Å². The Morgan fingerprint density at radius 3 is 2.44 bits per heavy atom. The number of aromatic nitrogens is 4. The van der Waals surface area contributed by atoms with Crippen molar-refractivity contribution >= 4 is 17.5 Å². The molecule has 2 aromatic heterocycles. The number of hydrogen-bond acceptors (Lipinski definition) is 4. The van der Waals surface area contributed by atoms with Crippen LogP contribution in [0.2, 0.25) is 5.02 Å². The molecule has 0 fully saturated rings. The average molecular weight is 476 g/mol. The van der Waals surface area contributed by atoms with E-state index in [0.717, 1.165) is 28.8 Å². The first-order valence-electron chi connectivity index (χ1n) is 11.1. The van der Waals surface area contributed by atoms with Gasteiger partial charge in [0.25, 0.3) is 11.5 Å². The van der Waals surface area contributed by atoms with E-state index in [2.05, 4.69) is 5.10 Å². The Morgan fingerprint density at radius 2 is 1.71 bits per heavy atom. The van der Waals surface area contributed by atoms with E-state index in [1.807, 2.05) is 72.4 Å². The molecule has 0 atom stereocenters. The highest BCUT2D eigenvalue weighted by Crippen LogP contribution is 2.25. The molecule has 174 valence electrons. The van der Waals surface area contributed by atoms with Crippen molar-refractivity contribution in [3.05, 3.63) is 105 Å². The lowest BCUT2D eigenvalue weighted by Gasteiger charge is -2.17. The molecule has 0 aliphatic rings. The molecule has 2 heterocycles. The number of aryl methyl sites for hydroxylation is 1. The molecule has 4 rings (SSSR count). The average Bonchev–Trinajstić information content (AvgIpc) is 3.24. The molecule has 34 heavy (non-hydrogen) atoms. The molecule has 1 amide bonds. The topological polar surface area (TPSA) is 73.0 Å². The van der Waals surface area contributed by atoms with Gasteiger partial charge in [-0.05, 0) is 24.1 Å². The van der Waals surface area contributed by atoms with Crippen LogP contribution in [-0.2, 0) is 19.6 Å². The third-order valence-electron chi connectivity index (χ3n) is 5.45. The van der Waals surface area contributed by atoms with E-state index in [1.54, 1.807) is 11.9 Å². The standard InChI is InChI=1S/C26H26ClN5O2/c1-3-15-32-24(33)14-13-23(28-32)26(34)30(2)16-21-18-31(17-20-11-7-8-12-22(20)27)29-25(21)19-9-5-4-6-10-19/h4-14,18H,3,15-17H2,1-2H3. The lowest BCUT2D eigenvalue weighted by Crippen LogP contribution is -2.31. The summed E-state index contributed by atoms with van der Waals surface area (Å²) in [6.45, 7) is 3.28. The van der Waals surface area contributed by atoms with E-state index in [0.29, 0.717) is 24.7 Å². The van der Waals surface area contributed by atoms with E-state index in [-0.39, 0.29) is 17.2 Å². The van der Waals surface area contributed by atoms with Gasteiger partial charge in [0.05, 0.1) is 12.2 Å². The van der Waals surface area contributed by atoms with Gasteiger partial charge < -0.3 is 4.90 Å². The minimum atomic E-state index is -0.261. The molecule has 0 aliphatic carbocycles. The zero-order valence-electron chi connectivity index (χ0n) is 19.2. The zero-order chi connectivity index (χ0) is 24.1. The van der Waals surface area contributed by atoms with Gasteiger partial charge in [0.15, 0.2) is 0 Å². The number of rotatable bonds is 8. The van der Waals surface area contributed by atoms with Gasteiger partial charge in [-0.25, -0.2) is 4.68 Å². The molecule has 0 spiro atoms. The monoisotopic (exact) mass is 475 g/mol. The third kappa shape index (κ3) is 5.26. The van der Waals surface area contributed by atoms with Gasteiger partial charge in [-0.3, -0.25) is 14.3 Å². The first-order chi connectivity index (χ1) is 16.5. The second-order valence-electron chi connectivity index (χ2n) is 8.10. The molecule has 7 nitrogen and oxygen atoms in total. The number of benzene rings is 2. The molecule has 2 aromatic carbocycles. The quantitative estimate of drug-likeness (QED) is 0.376. The molecule has 0 aliphatic heterocycles. The number of nitrogens with zero attached hydrogens (tertiary/aromatic N) is 5. The van der Waals surface area contributed by atoms with E-state index in [4.69, 9.17) is 16.7 Å². The van der Waals surface area contributed by atoms with Crippen molar-refractivity contribution in [3.8, 4) is 11.3 Å². The summed E-state index contributed by atoms with van der Waals surface area (Å²) in [4.78, 5) is 26.7. The molecular weight excluding hydrogens is 450 g/mol. The maximum atomic E-state index is 13.1. The molecule has 0 radical (unpaired) electrons. The minimum Gasteiger partial charge on any atom is -0.336 e. The highest BCUT2D eigenvalue weighted by atomic mass is 35.5. The number of halogens is 1. The molecule has 4 aromatic rings. The van der Waals surface area contributed by atoms with Crippen LogP contribution in [-0.4, -0.2) is 37.4 Å².